The van der Waals surface area contributed by atoms with Crippen molar-refractivity contribution >= 4 is 57.2 Å². The molecule has 0 fully saturated rings. The summed E-state index contributed by atoms with van der Waals surface area (Å²) in [6, 6.07) is 83.4. The highest BCUT2D eigenvalue weighted by Crippen LogP contribution is 2.64. The van der Waals surface area contributed by atoms with E-state index in [0.29, 0.717) is 29.3 Å². The number of anilines is 6. The van der Waals surface area contributed by atoms with Crippen LogP contribution in [0.25, 0.3) is 56.4 Å². The first-order chi connectivity index (χ1) is 37.7. The predicted molar refractivity (Wildman–Crippen MR) is 319 cm³/mol. The monoisotopic (exact) mass is 987 g/mol. The number of aryl methyl sites for hydroxylation is 1. The van der Waals surface area contributed by atoms with Crippen LogP contribution in [0.1, 0.15) is 78.5 Å². The van der Waals surface area contributed by atoms with Crippen LogP contribution in [0.5, 0.6) is 0 Å². The van der Waals surface area contributed by atoms with Crippen LogP contribution < -0.4 is 26.2 Å². The van der Waals surface area contributed by atoms with Gasteiger partial charge in [-0.25, -0.2) is 15.0 Å². The molecule has 1 spiro atoms. The first-order valence-corrected chi connectivity index (χ1v) is 27.2. The average Bonchev–Trinajstić information content (AvgIpc) is 4.05. The van der Waals surface area contributed by atoms with E-state index in [1.807, 2.05) is 36.4 Å². The van der Waals surface area contributed by atoms with E-state index < -0.39 is 5.41 Å². The minimum absolute atomic E-state index is 0.0410. The van der Waals surface area contributed by atoms with Gasteiger partial charge in [0, 0.05) is 50.8 Å². The van der Waals surface area contributed by atoms with E-state index in [1.54, 1.807) is 0 Å². The summed E-state index contributed by atoms with van der Waals surface area (Å²) in [4.78, 5) is 20.7. The largest absolute Gasteiger partial charge is 0.311 e. The molecule has 1 atom stereocenters. The molecule has 0 N–H and O–H groups in total. The standard InChI is InChI=1S/C71H54BN5/c1-43(2)46-29-33-52(34-30-46)76-63-36-32-49(44(3)4)40-61(63)72-62-41-56-54-26-16-18-28-58(54)71(60(56)42-64(62)77(51-23-13-8-14-24-51)66-38-45(5)37-65(76)67(66)72)57-27-17-15-25-53(57)55-35-31-50(39-59(55)71)70-74-68(47-19-9-6-10-20-47)73-69(75-70)48-21-11-7-12-22-48/h6-44H,1-5H3. The Bertz CT molecular complexity index is 4130. The van der Waals surface area contributed by atoms with Crippen LogP contribution in [-0.4, -0.2) is 21.7 Å². The van der Waals surface area contributed by atoms with Crippen LogP contribution in [0.15, 0.2) is 224 Å². The smallest absolute Gasteiger partial charge is 0.252 e. The summed E-state index contributed by atoms with van der Waals surface area (Å²) in [6.45, 7) is 11.4. The van der Waals surface area contributed by atoms with E-state index in [2.05, 4.69) is 232 Å². The summed E-state index contributed by atoms with van der Waals surface area (Å²) < 4.78 is 0. The molecule has 0 amide bonds. The lowest BCUT2D eigenvalue weighted by Crippen LogP contribution is -2.61. The first-order valence-electron chi connectivity index (χ1n) is 27.2. The topological polar surface area (TPSA) is 45.2 Å². The average molecular weight is 988 g/mol. The third kappa shape index (κ3) is 6.71. The van der Waals surface area contributed by atoms with Crippen molar-refractivity contribution in [3.8, 4) is 56.4 Å². The number of para-hydroxylation sites is 1. The number of benzene rings is 10. The summed E-state index contributed by atoms with van der Waals surface area (Å²) in [5.41, 5.74) is 27.3. The highest BCUT2D eigenvalue weighted by atomic mass is 15.2. The van der Waals surface area contributed by atoms with E-state index in [-0.39, 0.29) is 6.71 Å². The van der Waals surface area contributed by atoms with Crippen molar-refractivity contribution in [3.63, 3.8) is 0 Å². The summed E-state index contributed by atoms with van der Waals surface area (Å²) in [5.74, 6) is 2.73. The zero-order chi connectivity index (χ0) is 51.7. The van der Waals surface area contributed by atoms with Crippen LogP contribution in [0.4, 0.5) is 34.1 Å². The fourth-order valence-electron chi connectivity index (χ4n) is 13.4. The fraction of sp³-hybridized carbons (Fsp3) is 0.113. The van der Waals surface area contributed by atoms with E-state index >= 15 is 0 Å². The normalized spacial score (nSPS) is 15.0. The second-order valence-corrected chi connectivity index (χ2v) is 22.0. The van der Waals surface area contributed by atoms with Crippen LogP contribution >= 0.6 is 0 Å². The van der Waals surface area contributed by atoms with Gasteiger partial charge < -0.3 is 9.80 Å². The highest BCUT2D eigenvalue weighted by molar-refractivity contribution is 7.00. The quantitative estimate of drug-likeness (QED) is 0.149. The van der Waals surface area contributed by atoms with Crippen molar-refractivity contribution in [2.75, 3.05) is 9.80 Å². The second-order valence-electron chi connectivity index (χ2n) is 22.0. The molecular weight excluding hydrogens is 934 g/mol. The Morgan fingerprint density at radius 2 is 0.844 bits per heavy atom. The number of hydrogen-bond acceptors (Lipinski definition) is 5. The van der Waals surface area contributed by atoms with Crippen molar-refractivity contribution in [1.29, 1.82) is 0 Å². The van der Waals surface area contributed by atoms with Crippen LogP contribution in [-0.2, 0) is 5.41 Å². The molecule has 0 saturated heterocycles. The summed E-state index contributed by atoms with van der Waals surface area (Å²) in [6.07, 6.45) is 0. The Labute approximate surface area is 451 Å². The zero-order valence-electron chi connectivity index (χ0n) is 43.8. The lowest BCUT2D eigenvalue weighted by atomic mass is 9.33. The summed E-state index contributed by atoms with van der Waals surface area (Å²) in [5, 5.41) is 0. The number of nitrogens with zero attached hydrogens (tertiary/aromatic N) is 5. The van der Waals surface area contributed by atoms with Gasteiger partial charge in [-0.05, 0) is 151 Å². The Morgan fingerprint density at radius 3 is 1.45 bits per heavy atom. The van der Waals surface area contributed by atoms with E-state index in [4.69, 9.17) is 15.0 Å². The van der Waals surface area contributed by atoms with Gasteiger partial charge in [0.05, 0.1) is 5.41 Å². The first kappa shape index (κ1) is 45.3. The highest BCUT2D eigenvalue weighted by Gasteiger charge is 2.54. The molecule has 3 heterocycles. The molecule has 11 aromatic rings. The van der Waals surface area contributed by atoms with Crippen molar-refractivity contribution in [2.24, 2.45) is 0 Å². The predicted octanol–water partition coefficient (Wildman–Crippen LogP) is 15.9. The van der Waals surface area contributed by atoms with Gasteiger partial charge in [-0.15, -0.1) is 0 Å². The summed E-state index contributed by atoms with van der Waals surface area (Å²) >= 11 is 0. The Morgan fingerprint density at radius 1 is 0.364 bits per heavy atom. The van der Waals surface area contributed by atoms with Gasteiger partial charge in [-0.3, -0.25) is 0 Å². The molecule has 5 nitrogen and oxygen atoms in total. The minimum atomic E-state index is -0.658. The number of rotatable bonds is 7. The molecule has 4 aliphatic rings. The van der Waals surface area contributed by atoms with Crippen molar-refractivity contribution < 1.29 is 0 Å². The maximum Gasteiger partial charge on any atom is 0.252 e. The van der Waals surface area contributed by atoms with Gasteiger partial charge in [-0.2, -0.15) is 0 Å². The maximum atomic E-state index is 5.28. The van der Waals surface area contributed by atoms with Gasteiger partial charge in [-0.1, -0.05) is 198 Å². The van der Waals surface area contributed by atoms with Gasteiger partial charge in [0.1, 0.15) is 0 Å². The molecule has 1 unspecified atom stereocenters. The second kappa shape index (κ2) is 17.2. The SMILES string of the molecule is Cc1cc2c3c(c1)N(c1ccccc1)c1cc4c(cc1B3c1cc(C(C)C)ccc1N2c1ccc(C(C)C)cc1)-c1ccccc1C41c2ccccc2-c2ccc(-c3nc(-c4ccccc4)nc(-c4ccccc4)n3)cc21. The number of hydrogen-bond donors (Lipinski definition) is 0. The molecule has 366 valence electrons. The third-order valence-electron chi connectivity index (χ3n) is 16.9. The molecule has 0 radical (unpaired) electrons. The molecule has 2 aliphatic carbocycles. The molecule has 0 bridgehead atoms. The Kier molecular flexibility index (Phi) is 10.1. The van der Waals surface area contributed by atoms with Crippen LogP contribution in [0.2, 0.25) is 0 Å². The number of aromatic nitrogens is 3. The molecule has 15 rings (SSSR count). The minimum Gasteiger partial charge on any atom is -0.311 e. The van der Waals surface area contributed by atoms with Crippen molar-refractivity contribution in [2.45, 2.75) is 51.9 Å². The molecular formula is C71H54BN5. The lowest BCUT2D eigenvalue weighted by Gasteiger charge is -2.45. The van der Waals surface area contributed by atoms with E-state index in [9.17, 15) is 0 Å². The van der Waals surface area contributed by atoms with E-state index in [0.717, 1.165) is 22.4 Å². The van der Waals surface area contributed by atoms with Crippen LogP contribution in [0, 0.1) is 6.92 Å². The maximum absolute atomic E-state index is 5.28. The number of fused-ring (bicyclic) bond motifs is 14. The molecule has 0 saturated carbocycles. The van der Waals surface area contributed by atoms with Crippen LogP contribution in [0.3, 0.4) is 0 Å². The fourth-order valence-corrected chi connectivity index (χ4v) is 13.4. The van der Waals surface area contributed by atoms with Crippen molar-refractivity contribution in [1.82, 2.24) is 15.0 Å². The molecule has 10 aromatic carbocycles. The van der Waals surface area contributed by atoms with Gasteiger partial charge in [0.15, 0.2) is 17.5 Å². The van der Waals surface area contributed by atoms with Crippen molar-refractivity contribution in [3.05, 3.63) is 263 Å². The molecule has 2 aliphatic heterocycles. The molecule has 77 heavy (non-hydrogen) atoms. The molecule has 1 aromatic heterocycles. The third-order valence-corrected chi connectivity index (χ3v) is 16.9. The van der Waals surface area contributed by atoms with Gasteiger partial charge >= 0.3 is 0 Å². The Balaban J connectivity index is 1.01. The summed E-state index contributed by atoms with van der Waals surface area (Å²) in [7, 11) is 0. The van der Waals surface area contributed by atoms with Gasteiger partial charge in [0.25, 0.3) is 6.71 Å². The van der Waals surface area contributed by atoms with Gasteiger partial charge in [0.2, 0.25) is 0 Å². The Hall–Kier alpha value is -9.13. The lowest BCUT2D eigenvalue weighted by molar-refractivity contribution is 0.794. The van der Waals surface area contributed by atoms with E-state index in [1.165, 1.54) is 106 Å². The molecule has 6 heteroatoms. The zero-order valence-corrected chi connectivity index (χ0v) is 43.8.